The Labute approximate surface area is 205 Å². The molecule has 4 heterocycles. The highest BCUT2D eigenvalue weighted by Crippen LogP contribution is 2.36. The van der Waals surface area contributed by atoms with E-state index in [4.69, 9.17) is 6.57 Å². The fraction of sp³-hybridized carbons (Fsp3) is 0.308. The third-order valence-electron chi connectivity index (χ3n) is 6.82. The molecule has 1 aliphatic rings. The van der Waals surface area contributed by atoms with Gasteiger partial charge in [0.2, 0.25) is 5.52 Å². The van der Waals surface area contributed by atoms with E-state index in [-0.39, 0.29) is 29.0 Å². The van der Waals surface area contributed by atoms with Crippen LogP contribution >= 0.6 is 0 Å². The Morgan fingerprint density at radius 1 is 1.00 bits per heavy atom. The molecule has 1 fully saturated rings. The highest BCUT2D eigenvalue weighted by molar-refractivity contribution is 5.93. The van der Waals surface area contributed by atoms with Gasteiger partial charge in [0.25, 0.3) is 11.4 Å². The summed E-state index contributed by atoms with van der Waals surface area (Å²) in [4.78, 5) is 29.1. The standard InChI is InChI=1S/C26H23F3N6O/c1-15-14-35(22-12-24(36)33(4)21-7-8-23(30-3)32-25(21)22)16(2)13-34(15)20-9-10-31-19-11-17(26(27,28)29)5-6-18(19)20/h5-12,15-16H,13-14H2,1-2,4H3/t15-,16+/m1/s1. The molecule has 0 amide bonds. The van der Waals surface area contributed by atoms with E-state index in [9.17, 15) is 18.0 Å². The molecule has 0 radical (unpaired) electrons. The van der Waals surface area contributed by atoms with E-state index in [0.29, 0.717) is 35.2 Å². The molecule has 7 nitrogen and oxygen atoms in total. The Bertz CT molecular complexity index is 1590. The van der Waals surface area contributed by atoms with Crippen molar-refractivity contribution in [2.75, 3.05) is 22.9 Å². The van der Waals surface area contributed by atoms with E-state index in [1.165, 1.54) is 16.8 Å². The second-order valence-corrected chi connectivity index (χ2v) is 9.14. The summed E-state index contributed by atoms with van der Waals surface area (Å²) in [6.45, 7) is 12.5. The van der Waals surface area contributed by atoms with E-state index in [1.54, 1.807) is 25.2 Å². The summed E-state index contributed by atoms with van der Waals surface area (Å²) in [5.41, 5.74) is 2.12. The van der Waals surface area contributed by atoms with Gasteiger partial charge < -0.3 is 19.2 Å². The first-order chi connectivity index (χ1) is 17.1. The van der Waals surface area contributed by atoms with Gasteiger partial charge in [-0.25, -0.2) is 0 Å². The molecule has 0 bridgehead atoms. The van der Waals surface area contributed by atoms with Gasteiger partial charge in [-0.05, 0) is 44.2 Å². The number of piperazine rings is 1. The van der Waals surface area contributed by atoms with Crippen LogP contribution in [0.2, 0.25) is 0 Å². The molecule has 0 spiro atoms. The van der Waals surface area contributed by atoms with Crippen molar-refractivity contribution in [1.82, 2.24) is 14.5 Å². The normalized spacial score (nSPS) is 18.6. The van der Waals surface area contributed by atoms with Crippen LogP contribution in [-0.4, -0.2) is 39.7 Å². The van der Waals surface area contributed by atoms with Crippen LogP contribution in [0.1, 0.15) is 19.4 Å². The van der Waals surface area contributed by atoms with Gasteiger partial charge >= 0.3 is 6.18 Å². The molecule has 184 valence electrons. The third-order valence-corrected chi connectivity index (χ3v) is 6.82. The zero-order chi connectivity index (χ0) is 25.8. The summed E-state index contributed by atoms with van der Waals surface area (Å²) in [5.74, 6) is 0.253. The summed E-state index contributed by atoms with van der Waals surface area (Å²) in [6, 6.07) is 10.3. The van der Waals surface area contributed by atoms with Gasteiger partial charge in [0.05, 0.1) is 22.3 Å². The predicted molar refractivity (Wildman–Crippen MR) is 134 cm³/mol. The highest BCUT2D eigenvalue weighted by Gasteiger charge is 2.34. The molecule has 4 aromatic rings. The van der Waals surface area contributed by atoms with Crippen LogP contribution in [0.4, 0.5) is 30.4 Å². The van der Waals surface area contributed by atoms with E-state index in [1.807, 2.05) is 19.9 Å². The van der Waals surface area contributed by atoms with Gasteiger partial charge in [-0.3, -0.25) is 9.78 Å². The lowest BCUT2D eigenvalue weighted by atomic mass is 10.0. The topological polar surface area (TPSA) is 58.6 Å². The SMILES string of the molecule is [C-]#[N+]c1ccc2c(n1)c(N1C[C@@H](C)N(c3ccnc4cc(C(F)(F)F)ccc34)C[C@@H]1C)cc(=O)n2C. The number of rotatable bonds is 2. The van der Waals surface area contributed by atoms with Gasteiger partial charge in [-0.2, -0.15) is 13.2 Å². The quantitative estimate of drug-likeness (QED) is 0.362. The fourth-order valence-electron chi connectivity index (χ4n) is 4.94. The van der Waals surface area contributed by atoms with Crippen LogP contribution < -0.4 is 15.4 Å². The molecule has 0 N–H and O–H groups in total. The minimum absolute atomic E-state index is 0.0303. The van der Waals surface area contributed by atoms with Gasteiger partial charge in [-0.1, -0.05) is 12.6 Å². The number of aromatic nitrogens is 3. The second kappa shape index (κ2) is 8.52. The lowest BCUT2D eigenvalue weighted by Gasteiger charge is -2.46. The van der Waals surface area contributed by atoms with E-state index >= 15 is 0 Å². The third kappa shape index (κ3) is 3.90. The maximum atomic E-state index is 13.2. The van der Waals surface area contributed by atoms with Crippen molar-refractivity contribution in [2.24, 2.45) is 7.05 Å². The first-order valence-electron chi connectivity index (χ1n) is 11.5. The molecular formula is C26H23F3N6O. The predicted octanol–water partition coefficient (Wildman–Crippen LogP) is 5.15. The minimum Gasteiger partial charge on any atom is -0.364 e. The van der Waals surface area contributed by atoms with Crippen molar-refractivity contribution >= 4 is 39.1 Å². The van der Waals surface area contributed by atoms with Crippen molar-refractivity contribution in [3.05, 3.63) is 76.0 Å². The largest absolute Gasteiger partial charge is 0.416 e. The summed E-state index contributed by atoms with van der Waals surface area (Å²) < 4.78 is 41.2. The monoisotopic (exact) mass is 492 g/mol. The number of anilines is 2. The Kier molecular flexibility index (Phi) is 5.58. The van der Waals surface area contributed by atoms with Crippen LogP contribution in [0.15, 0.2) is 53.5 Å². The minimum atomic E-state index is -4.43. The maximum Gasteiger partial charge on any atom is 0.416 e. The smallest absolute Gasteiger partial charge is 0.364 e. The maximum absolute atomic E-state index is 13.2. The van der Waals surface area contributed by atoms with Gasteiger partial charge in [0, 0.05) is 55.6 Å². The number of fused-ring (bicyclic) bond motifs is 2. The summed E-state index contributed by atoms with van der Waals surface area (Å²) in [7, 11) is 1.68. The molecule has 36 heavy (non-hydrogen) atoms. The van der Waals surface area contributed by atoms with Gasteiger partial charge in [0.15, 0.2) is 0 Å². The van der Waals surface area contributed by atoms with Crippen molar-refractivity contribution in [3.8, 4) is 0 Å². The molecule has 0 unspecified atom stereocenters. The molecule has 1 aliphatic heterocycles. The number of hydrogen-bond donors (Lipinski definition) is 0. The molecule has 3 aromatic heterocycles. The number of alkyl halides is 3. The average molecular weight is 493 g/mol. The zero-order valence-corrected chi connectivity index (χ0v) is 19.9. The van der Waals surface area contributed by atoms with Crippen LogP contribution in [0.5, 0.6) is 0 Å². The van der Waals surface area contributed by atoms with Crippen LogP contribution in [-0.2, 0) is 13.2 Å². The molecule has 10 heteroatoms. The molecule has 5 rings (SSSR count). The zero-order valence-electron chi connectivity index (χ0n) is 19.9. The number of hydrogen-bond acceptors (Lipinski definition) is 5. The van der Waals surface area contributed by atoms with Crippen molar-refractivity contribution < 1.29 is 13.2 Å². The Morgan fingerprint density at radius 3 is 2.36 bits per heavy atom. The first-order valence-corrected chi connectivity index (χ1v) is 11.5. The summed E-state index contributed by atoms with van der Waals surface area (Å²) >= 11 is 0. The number of pyridine rings is 3. The summed E-state index contributed by atoms with van der Waals surface area (Å²) in [5, 5.41) is 0.653. The number of halogens is 3. The Balaban J connectivity index is 1.54. The number of nitrogens with zero attached hydrogens (tertiary/aromatic N) is 6. The van der Waals surface area contributed by atoms with Gasteiger partial charge in [-0.15, -0.1) is 4.98 Å². The molecule has 1 saturated heterocycles. The lowest BCUT2D eigenvalue weighted by Crippen LogP contribution is -2.57. The molecular weight excluding hydrogens is 469 g/mol. The molecule has 0 saturated carbocycles. The van der Waals surface area contributed by atoms with E-state index in [0.717, 1.165) is 17.8 Å². The van der Waals surface area contributed by atoms with Crippen LogP contribution in [0, 0.1) is 6.57 Å². The van der Waals surface area contributed by atoms with Crippen LogP contribution in [0.25, 0.3) is 26.8 Å². The first kappa shape index (κ1) is 23.6. The summed E-state index contributed by atoms with van der Waals surface area (Å²) in [6.07, 6.45) is -2.90. The highest BCUT2D eigenvalue weighted by atomic mass is 19.4. The van der Waals surface area contributed by atoms with Crippen molar-refractivity contribution in [2.45, 2.75) is 32.1 Å². The van der Waals surface area contributed by atoms with E-state index < -0.39 is 11.7 Å². The molecule has 2 atom stereocenters. The Morgan fingerprint density at radius 2 is 1.69 bits per heavy atom. The fourth-order valence-corrected chi connectivity index (χ4v) is 4.94. The molecule has 1 aromatic carbocycles. The van der Waals surface area contributed by atoms with Crippen molar-refractivity contribution in [1.29, 1.82) is 0 Å². The van der Waals surface area contributed by atoms with Crippen molar-refractivity contribution in [3.63, 3.8) is 0 Å². The van der Waals surface area contributed by atoms with Gasteiger partial charge in [0.1, 0.15) is 0 Å². The number of aryl methyl sites for hydroxylation is 1. The lowest BCUT2D eigenvalue weighted by molar-refractivity contribution is -0.137. The molecule has 0 aliphatic carbocycles. The average Bonchev–Trinajstić information content (AvgIpc) is 2.86. The van der Waals surface area contributed by atoms with E-state index in [2.05, 4.69) is 24.6 Å². The van der Waals surface area contributed by atoms with Crippen LogP contribution in [0.3, 0.4) is 0 Å². The number of benzene rings is 1. The second-order valence-electron chi connectivity index (χ2n) is 9.14. The Hall–Kier alpha value is -4.13.